The lowest BCUT2D eigenvalue weighted by atomic mass is 10.1. The van der Waals surface area contributed by atoms with Crippen molar-refractivity contribution >= 4 is 23.2 Å². The van der Waals surface area contributed by atoms with E-state index in [1.807, 2.05) is 56.3 Å². The second kappa shape index (κ2) is 8.12. The first kappa shape index (κ1) is 18.8. The van der Waals surface area contributed by atoms with Gasteiger partial charge in [0.25, 0.3) is 0 Å². The van der Waals surface area contributed by atoms with Crippen LogP contribution in [-0.4, -0.2) is 50.0 Å². The Kier molecular flexibility index (Phi) is 5.64. The van der Waals surface area contributed by atoms with E-state index < -0.39 is 11.8 Å². The predicted molar refractivity (Wildman–Crippen MR) is 106 cm³/mol. The number of piperazine rings is 1. The molecule has 27 heavy (non-hydrogen) atoms. The number of aryl methyl sites for hydroxylation is 2. The van der Waals surface area contributed by atoms with Crippen LogP contribution in [0.4, 0.5) is 11.4 Å². The molecule has 142 valence electrons. The molecule has 6 heteroatoms. The summed E-state index contributed by atoms with van der Waals surface area (Å²) in [5, 5.41) is 2.72. The van der Waals surface area contributed by atoms with Gasteiger partial charge in [-0.2, -0.15) is 0 Å². The number of hydrogen-bond donors (Lipinski definition) is 1. The molecule has 2 aromatic carbocycles. The second-order valence-electron chi connectivity index (χ2n) is 6.78. The first-order chi connectivity index (χ1) is 13.0. The minimum atomic E-state index is -0.592. The van der Waals surface area contributed by atoms with Gasteiger partial charge in [0.2, 0.25) is 0 Å². The van der Waals surface area contributed by atoms with Gasteiger partial charge in [-0.25, -0.2) is 0 Å². The van der Waals surface area contributed by atoms with E-state index in [4.69, 9.17) is 4.74 Å². The number of anilines is 2. The molecule has 1 N–H and O–H groups in total. The van der Waals surface area contributed by atoms with Gasteiger partial charge >= 0.3 is 11.8 Å². The third-order valence-corrected chi connectivity index (χ3v) is 4.67. The fourth-order valence-electron chi connectivity index (χ4n) is 3.42. The lowest BCUT2D eigenvalue weighted by molar-refractivity contribution is -0.143. The number of para-hydroxylation sites is 2. The molecule has 0 bridgehead atoms. The maximum absolute atomic E-state index is 12.5. The van der Waals surface area contributed by atoms with E-state index in [2.05, 4.69) is 10.2 Å². The summed E-state index contributed by atoms with van der Waals surface area (Å²) in [5.74, 6) is -0.274. The summed E-state index contributed by atoms with van der Waals surface area (Å²) in [5.41, 5.74) is 3.75. The number of carbonyl (C=O) groups is 2. The van der Waals surface area contributed by atoms with Crippen molar-refractivity contribution in [3.8, 4) is 5.75 Å². The number of nitrogens with one attached hydrogen (secondary N) is 1. The maximum atomic E-state index is 12.5. The van der Waals surface area contributed by atoms with E-state index in [1.54, 1.807) is 12.0 Å². The molecular formula is C21H25N3O3. The molecule has 1 fully saturated rings. The normalized spacial score (nSPS) is 14.0. The molecule has 0 unspecified atom stereocenters. The van der Waals surface area contributed by atoms with Crippen molar-refractivity contribution in [2.75, 3.05) is 43.5 Å². The van der Waals surface area contributed by atoms with Crippen LogP contribution in [0.25, 0.3) is 0 Å². The molecule has 1 aliphatic heterocycles. The van der Waals surface area contributed by atoms with Gasteiger partial charge in [0.15, 0.2) is 0 Å². The van der Waals surface area contributed by atoms with Crippen LogP contribution in [0.2, 0.25) is 0 Å². The number of ether oxygens (including phenoxy) is 1. The minimum Gasteiger partial charge on any atom is -0.495 e. The van der Waals surface area contributed by atoms with E-state index in [-0.39, 0.29) is 0 Å². The van der Waals surface area contributed by atoms with Gasteiger partial charge in [-0.05, 0) is 49.2 Å². The highest BCUT2D eigenvalue weighted by molar-refractivity contribution is 6.39. The molecule has 2 amide bonds. The van der Waals surface area contributed by atoms with Crippen LogP contribution in [0.15, 0.2) is 42.5 Å². The first-order valence-corrected chi connectivity index (χ1v) is 9.04. The van der Waals surface area contributed by atoms with Gasteiger partial charge in [0, 0.05) is 31.9 Å². The Morgan fingerprint density at radius 2 is 1.59 bits per heavy atom. The zero-order valence-corrected chi connectivity index (χ0v) is 16.0. The Morgan fingerprint density at radius 3 is 2.22 bits per heavy atom. The highest BCUT2D eigenvalue weighted by Crippen LogP contribution is 2.28. The number of amides is 2. The third-order valence-electron chi connectivity index (χ3n) is 4.67. The summed E-state index contributed by atoms with van der Waals surface area (Å²) >= 11 is 0. The summed E-state index contributed by atoms with van der Waals surface area (Å²) in [7, 11) is 1.65. The van der Waals surface area contributed by atoms with Gasteiger partial charge in [-0.3, -0.25) is 9.59 Å². The highest BCUT2D eigenvalue weighted by atomic mass is 16.5. The number of nitrogens with zero attached hydrogens (tertiary/aromatic N) is 2. The number of methoxy groups -OCH3 is 1. The zero-order valence-electron chi connectivity index (χ0n) is 16.0. The molecule has 1 saturated heterocycles. The van der Waals surface area contributed by atoms with Gasteiger partial charge < -0.3 is 19.9 Å². The summed E-state index contributed by atoms with van der Waals surface area (Å²) in [6, 6.07) is 13.6. The van der Waals surface area contributed by atoms with Gasteiger partial charge in [0.1, 0.15) is 5.75 Å². The van der Waals surface area contributed by atoms with Crippen molar-refractivity contribution in [1.82, 2.24) is 4.90 Å². The van der Waals surface area contributed by atoms with Crippen LogP contribution >= 0.6 is 0 Å². The van der Waals surface area contributed by atoms with Crippen molar-refractivity contribution in [3.05, 3.63) is 53.6 Å². The number of rotatable bonds is 3. The van der Waals surface area contributed by atoms with Crippen LogP contribution in [0, 0.1) is 13.8 Å². The maximum Gasteiger partial charge on any atom is 0.313 e. The standard InChI is InChI=1S/C21H25N3O3/c1-15-12-16(2)14-17(13-15)22-20(25)21(26)24-10-8-23(9-11-24)18-6-4-5-7-19(18)27-3/h4-7,12-14H,8-11H2,1-3H3,(H,22,25). The molecule has 3 rings (SSSR count). The Bertz CT molecular complexity index is 822. The summed E-state index contributed by atoms with van der Waals surface area (Å²) < 4.78 is 5.41. The average molecular weight is 367 g/mol. The zero-order chi connectivity index (χ0) is 19.4. The molecule has 0 radical (unpaired) electrons. The van der Waals surface area contributed by atoms with E-state index in [0.717, 1.165) is 22.6 Å². The fourth-order valence-corrected chi connectivity index (χ4v) is 3.42. The lowest BCUT2D eigenvalue weighted by Crippen LogP contribution is -2.51. The van der Waals surface area contributed by atoms with Crippen LogP contribution < -0.4 is 15.0 Å². The van der Waals surface area contributed by atoms with Crippen LogP contribution in [0.5, 0.6) is 5.75 Å². The Morgan fingerprint density at radius 1 is 0.963 bits per heavy atom. The van der Waals surface area contributed by atoms with Gasteiger partial charge in [-0.1, -0.05) is 18.2 Å². The molecule has 2 aromatic rings. The summed E-state index contributed by atoms with van der Waals surface area (Å²) in [6.45, 7) is 6.23. The third kappa shape index (κ3) is 4.39. The molecule has 1 heterocycles. The van der Waals surface area contributed by atoms with Crippen molar-refractivity contribution in [3.63, 3.8) is 0 Å². The molecule has 0 aliphatic carbocycles. The molecule has 1 aliphatic rings. The van der Waals surface area contributed by atoms with Crippen molar-refractivity contribution in [1.29, 1.82) is 0 Å². The molecule has 0 spiro atoms. The van der Waals surface area contributed by atoms with Crippen LogP contribution in [0.1, 0.15) is 11.1 Å². The van der Waals surface area contributed by atoms with E-state index in [0.29, 0.717) is 31.9 Å². The Hall–Kier alpha value is -3.02. The van der Waals surface area contributed by atoms with Crippen molar-refractivity contribution in [2.45, 2.75) is 13.8 Å². The lowest BCUT2D eigenvalue weighted by Gasteiger charge is -2.36. The Labute approximate surface area is 159 Å². The molecule has 0 aromatic heterocycles. The molecule has 0 saturated carbocycles. The van der Waals surface area contributed by atoms with Crippen LogP contribution in [0.3, 0.4) is 0 Å². The minimum absolute atomic E-state index is 0.492. The fraction of sp³-hybridized carbons (Fsp3) is 0.333. The van der Waals surface area contributed by atoms with Gasteiger partial charge in [-0.15, -0.1) is 0 Å². The quantitative estimate of drug-likeness (QED) is 0.847. The smallest absolute Gasteiger partial charge is 0.313 e. The average Bonchev–Trinajstić information content (AvgIpc) is 2.66. The Balaban J connectivity index is 1.60. The number of carbonyl (C=O) groups excluding carboxylic acids is 2. The van der Waals surface area contributed by atoms with Gasteiger partial charge in [0.05, 0.1) is 12.8 Å². The SMILES string of the molecule is COc1ccccc1N1CCN(C(=O)C(=O)Nc2cc(C)cc(C)c2)CC1. The molecule has 6 nitrogen and oxygen atoms in total. The van der Waals surface area contributed by atoms with Crippen LogP contribution in [-0.2, 0) is 9.59 Å². The topological polar surface area (TPSA) is 61.9 Å². The largest absolute Gasteiger partial charge is 0.495 e. The van der Waals surface area contributed by atoms with Crippen molar-refractivity contribution < 1.29 is 14.3 Å². The molecular weight excluding hydrogens is 342 g/mol. The first-order valence-electron chi connectivity index (χ1n) is 9.04. The van der Waals surface area contributed by atoms with E-state index >= 15 is 0 Å². The highest BCUT2D eigenvalue weighted by Gasteiger charge is 2.27. The van der Waals surface area contributed by atoms with E-state index in [1.165, 1.54) is 0 Å². The number of hydrogen-bond acceptors (Lipinski definition) is 4. The van der Waals surface area contributed by atoms with E-state index in [9.17, 15) is 9.59 Å². The second-order valence-corrected chi connectivity index (χ2v) is 6.78. The predicted octanol–water partition coefficient (Wildman–Crippen LogP) is 2.60. The monoisotopic (exact) mass is 367 g/mol. The number of benzene rings is 2. The van der Waals surface area contributed by atoms with Crippen molar-refractivity contribution in [2.24, 2.45) is 0 Å². The summed E-state index contributed by atoms with van der Waals surface area (Å²) in [4.78, 5) is 28.6. The molecule has 0 atom stereocenters. The summed E-state index contributed by atoms with van der Waals surface area (Å²) in [6.07, 6.45) is 0.